The quantitative estimate of drug-likeness (QED) is 0.133. The van der Waals surface area contributed by atoms with E-state index in [1.165, 1.54) is 11.8 Å². The van der Waals surface area contributed by atoms with Crippen LogP contribution in [0.1, 0.15) is 39.5 Å². The van der Waals surface area contributed by atoms with Gasteiger partial charge in [0.1, 0.15) is 18.1 Å². The van der Waals surface area contributed by atoms with Gasteiger partial charge >= 0.3 is 17.9 Å². The molecule has 14 heteroatoms. The van der Waals surface area contributed by atoms with Crippen LogP contribution in [-0.4, -0.2) is 87.1 Å². The van der Waals surface area contributed by atoms with Crippen molar-refractivity contribution >= 4 is 47.4 Å². The molecule has 0 aromatic heterocycles. The van der Waals surface area contributed by atoms with Gasteiger partial charge in [-0.2, -0.15) is 11.8 Å². The van der Waals surface area contributed by atoms with Gasteiger partial charge in [0, 0.05) is 0 Å². The first-order valence-electron chi connectivity index (χ1n) is 10.2. The van der Waals surface area contributed by atoms with E-state index in [-0.39, 0.29) is 6.42 Å². The molecule has 0 bridgehead atoms. The van der Waals surface area contributed by atoms with Crippen molar-refractivity contribution < 1.29 is 44.1 Å². The zero-order valence-electron chi connectivity index (χ0n) is 18.7. The number of rotatable bonds is 16. The molecular weight excluding hydrogens is 460 g/mol. The van der Waals surface area contributed by atoms with E-state index >= 15 is 0 Å². The zero-order chi connectivity index (χ0) is 25.7. The molecule has 0 radical (unpaired) electrons. The molecule has 0 aliphatic carbocycles. The van der Waals surface area contributed by atoms with Crippen molar-refractivity contribution in [3.63, 3.8) is 0 Å². The van der Waals surface area contributed by atoms with Crippen LogP contribution in [0.3, 0.4) is 0 Å². The number of carbonyl (C=O) groups excluding carboxylic acids is 3. The van der Waals surface area contributed by atoms with Crippen LogP contribution in [0.15, 0.2) is 0 Å². The molecule has 5 atom stereocenters. The molecule has 0 saturated carbocycles. The van der Waals surface area contributed by atoms with Crippen molar-refractivity contribution in [3.8, 4) is 0 Å². The maximum Gasteiger partial charge on any atom is 0.326 e. The second-order valence-corrected chi connectivity index (χ2v) is 8.40. The summed E-state index contributed by atoms with van der Waals surface area (Å²) in [4.78, 5) is 70.9. The highest BCUT2D eigenvalue weighted by Crippen LogP contribution is 2.11. The smallest absolute Gasteiger partial charge is 0.326 e. The Kier molecular flexibility index (Phi) is 13.7. The fraction of sp³-hybridized carbons (Fsp3) is 0.684. The second-order valence-electron chi connectivity index (χ2n) is 7.42. The van der Waals surface area contributed by atoms with Crippen molar-refractivity contribution in [1.82, 2.24) is 16.0 Å². The average molecular weight is 493 g/mol. The van der Waals surface area contributed by atoms with Gasteiger partial charge in [0.15, 0.2) is 0 Å². The van der Waals surface area contributed by atoms with E-state index in [4.69, 9.17) is 15.9 Å². The van der Waals surface area contributed by atoms with Gasteiger partial charge in [-0.1, -0.05) is 20.3 Å². The standard InChI is InChI=1S/C19H32N4O9S/c1-4-9(2)15(18(30)21-11(19(31)32)5-6-33-3)23-17(29)12(8-14(26)27)22-16(28)10(20)7-13(24)25/h9-12,15H,4-8,20H2,1-3H3,(H,21,30)(H,22,28)(H,23,29)(H,24,25)(H,26,27)(H,31,32). The molecule has 3 amide bonds. The van der Waals surface area contributed by atoms with Crippen molar-refractivity contribution in [3.05, 3.63) is 0 Å². The van der Waals surface area contributed by atoms with Gasteiger partial charge in [-0.3, -0.25) is 24.0 Å². The van der Waals surface area contributed by atoms with Gasteiger partial charge in [0.05, 0.1) is 18.9 Å². The van der Waals surface area contributed by atoms with Gasteiger partial charge in [-0.15, -0.1) is 0 Å². The Morgan fingerprint density at radius 1 is 0.848 bits per heavy atom. The highest BCUT2D eigenvalue weighted by atomic mass is 32.2. The lowest BCUT2D eigenvalue weighted by Gasteiger charge is -2.27. The summed E-state index contributed by atoms with van der Waals surface area (Å²) in [5, 5.41) is 34.0. The van der Waals surface area contributed by atoms with Gasteiger partial charge in [0.25, 0.3) is 0 Å². The van der Waals surface area contributed by atoms with Crippen molar-refractivity contribution in [2.75, 3.05) is 12.0 Å². The predicted molar refractivity (Wildman–Crippen MR) is 118 cm³/mol. The number of hydrogen-bond acceptors (Lipinski definition) is 8. The van der Waals surface area contributed by atoms with Crippen LogP contribution in [0, 0.1) is 5.92 Å². The average Bonchev–Trinajstić information content (AvgIpc) is 2.72. The maximum atomic E-state index is 12.8. The number of aliphatic carboxylic acids is 3. The summed E-state index contributed by atoms with van der Waals surface area (Å²) in [6.45, 7) is 3.37. The minimum absolute atomic E-state index is 0.155. The number of carboxylic acids is 3. The summed E-state index contributed by atoms with van der Waals surface area (Å²) < 4.78 is 0. The first kappa shape index (κ1) is 30.1. The van der Waals surface area contributed by atoms with Gasteiger partial charge in [0.2, 0.25) is 17.7 Å². The molecule has 0 heterocycles. The summed E-state index contributed by atoms with van der Waals surface area (Å²) in [6, 6.07) is -5.55. The van der Waals surface area contributed by atoms with E-state index in [1.54, 1.807) is 20.1 Å². The monoisotopic (exact) mass is 492 g/mol. The number of carbonyl (C=O) groups is 6. The number of hydrogen-bond donors (Lipinski definition) is 7. The van der Waals surface area contributed by atoms with Gasteiger partial charge in [-0.25, -0.2) is 4.79 Å². The molecule has 0 fully saturated rings. The van der Waals surface area contributed by atoms with Crippen LogP contribution in [0.5, 0.6) is 0 Å². The molecule has 33 heavy (non-hydrogen) atoms. The van der Waals surface area contributed by atoms with E-state index in [9.17, 15) is 33.9 Å². The summed E-state index contributed by atoms with van der Waals surface area (Å²) in [7, 11) is 0. The summed E-state index contributed by atoms with van der Waals surface area (Å²) in [5.74, 6) is -6.85. The van der Waals surface area contributed by atoms with Crippen LogP contribution in [0.2, 0.25) is 0 Å². The molecule has 0 aromatic rings. The van der Waals surface area contributed by atoms with E-state index in [0.29, 0.717) is 12.2 Å². The number of carboxylic acid groups (broad SMARTS) is 3. The first-order valence-corrected chi connectivity index (χ1v) is 11.5. The lowest BCUT2D eigenvalue weighted by atomic mass is 9.97. The van der Waals surface area contributed by atoms with Crippen LogP contribution in [0.25, 0.3) is 0 Å². The molecule has 0 spiro atoms. The number of nitrogens with one attached hydrogen (secondary N) is 3. The Morgan fingerprint density at radius 2 is 1.39 bits per heavy atom. The van der Waals surface area contributed by atoms with E-state index in [1.807, 2.05) is 0 Å². The zero-order valence-corrected chi connectivity index (χ0v) is 19.5. The van der Waals surface area contributed by atoms with Gasteiger partial charge < -0.3 is 37.0 Å². The van der Waals surface area contributed by atoms with E-state index in [2.05, 4.69) is 16.0 Å². The Balaban J connectivity index is 5.55. The molecule has 0 aliphatic rings. The van der Waals surface area contributed by atoms with Gasteiger partial charge in [-0.05, 0) is 24.3 Å². The lowest BCUT2D eigenvalue weighted by Crippen LogP contribution is -2.59. The molecule has 0 aromatic carbocycles. The van der Waals surface area contributed by atoms with Crippen molar-refractivity contribution in [1.29, 1.82) is 0 Å². The van der Waals surface area contributed by atoms with Crippen molar-refractivity contribution in [2.24, 2.45) is 11.7 Å². The second kappa shape index (κ2) is 15.1. The highest BCUT2D eigenvalue weighted by molar-refractivity contribution is 7.98. The highest BCUT2D eigenvalue weighted by Gasteiger charge is 2.33. The molecule has 13 nitrogen and oxygen atoms in total. The maximum absolute atomic E-state index is 12.8. The Bertz CT molecular complexity index is 734. The fourth-order valence-corrected chi connectivity index (χ4v) is 3.13. The minimum atomic E-state index is -1.64. The third-order valence-corrected chi connectivity index (χ3v) is 5.41. The molecule has 0 rings (SSSR count). The Labute approximate surface area is 195 Å². The fourth-order valence-electron chi connectivity index (χ4n) is 2.65. The number of thioether (sulfide) groups is 1. The number of amides is 3. The lowest BCUT2D eigenvalue weighted by molar-refractivity contribution is -0.144. The summed E-state index contributed by atoms with van der Waals surface area (Å²) in [6.07, 6.45) is 0.764. The predicted octanol–water partition coefficient (Wildman–Crippen LogP) is -1.40. The topological polar surface area (TPSA) is 225 Å². The molecule has 0 aliphatic heterocycles. The summed E-state index contributed by atoms with van der Waals surface area (Å²) >= 11 is 1.40. The third kappa shape index (κ3) is 11.5. The van der Waals surface area contributed by atoms with Crippen LogP contribution < -0.4 is 21.7 Å². The molecule has 0 saturated heterocycles. The largest absolute Gasteiger partial charge is 0.481 e. The summed E-state index contributed by atoms with van der Waals surface area (Å²) in [5.41, 5.74) is 5.45. The molecule has 188 valence electrons. The Hall–Kier alpha value is -2.87. The van der Waals surface area contributed by atoms with E-state index < -0.39 is 78.6 Å². The first-order chi connectivity index (χ1) is 15.3. The molecular formula is C19H32N4O9S. The number of nitrogens with two attached hydrogens (primary N) is 1. The normalized spacial score (nSPS) is 15.3. The van der Waals surface area contributed by atoms with Crippen LogP contribution in [0.4, 0.5) is 0 Å². The van der Waals surface area contributed by atoms with Crippen LogP contribution >= 0.6 is 11.8 Å². The molecule has 5 unspecified atom stereocenters. The Morgan fingerprint density at radius 3 is 1.85 bits per heavy atom. The minimum Gasteiger partial charge on any atom is -0.481 e. The SMILES string of the molecule is CCC(C)C(NC(=O)C(CC(=O)O)NC(=O)C(N)CC(=O)O)C(=O)NC(CCSC)C(=O)O. The molecule has 8 N–H and O–H groups in total. The third-order valence-electron chi connectivity index (χ3n) is 4.76. The van der Waals surface area contributed by atoms with E-state index in [0.717, 1.165) is 0 Å². The van der Waals surface area contributed by atoms with Crippen molar-refractivity contribution in [2.45, 2.75) is 63.7 Å². The van der Waals surface area contributed by atoms with Crippen LogP contribution in [-0.2, 0) is 28.8 Å².